The zero-order valence-corrected chi connectivity index (χ0v) is 14.5. The van der Waals surface area contributed by atoms with Crippen LogP contribution in [0, 0.1) is 0 Å². The molecule has 3 rings (SSSR count). The Balaban J connectivity index is 1.81. The highest BCUT2D eigenvalue weighted by molar-refractivity contribution is 5.35. The third-order valence-corrected chi connectivity index (χ3v) is 4.35. The first-order valence-electron chi connectivity index (χ1n) is 8.64. The van der Waals surface area contributed by atoms with Crippen molar-refractivity contribution in [1.82, 2.24) is 19.7 Å². The van der Waals surface area contributed by atoms with Gasteiger partial charge in [-0.15, -0.1) is 0 Å². The van der Waals surface area contributed by atoms with E-state index in [-0.39, 0.29) is 12.6 Å². The second-order valence-electron chi connectivity index (χ2n) is 6.09. The van der Waals surface area contributed by atoms with Gasteiger partial charge in [0.25, 0.3) is 0 Å². The Morgan fingerprint density at radius 2 is 2.00 bits per heavy atom. The number of nitrogens with zero attached hydrogens (tertiary/aromatic N) is 4. The molecule has 0 aliphatic carbocycles. The minimum absolute atomic E-state index is 0.107. The molecule has 1 unspecified atom stereocenters. The molecule has 1 N–H and O–H groups in total. The smallest absolute Gasteiger partial charge is 0.0648 e. The van der Waals surface area contributed by atoms with Gasteiger partial charge in [0.1, 0.15) is 0 Å². The van der Waals surface area contributed by atoms with E-state index in [1.165, 1.54) is 5.56 Å². The van der Waals surface area contributed by atoms with Crippen LogP contribution in [0.3, 0.4) is 0 Å². The highest BCUT2D eigenvalue weighted by atomic mass is 16.3. The summed E-state index contributed by atoms with van der Waals surface area (Å²) in [5.41, 5.74) is 3.24. The fourth-order valence-electron chi connectivity index (χ4n) is 2.97. The van der Waals surface area contributed by atoms with Gasteiger partial charge < -0.3 is 5.11 Å². The molecule has 0 amide bonds. The van der Waals surface area contributed by atoms with Crippen LogP contribution >= 0.6 is 0 Å². The van der Waals surface area contributed by atoms with Crippen molar-refractivity contribution in [1.29, 1.82) is 0 Å². The van der Waals surface area contributed by atoms with Crippen molar-refractivity contribution in [2.45, 2.75) is 32.5 Å². The van der Waals surface area contributed by atoms with Crippen LogP contribution in [0.15, 0.2) is 67.1 Å². The molecule has 3 aromatic rings. The average molecular weight is 336 g/mol. The average Bonchev–Trinajstić information content (AvgIpc) is 3.18. The van der Waals surface area contributed by atoms with Crippen LogP contribution in [-0.4, -0.2) is 37.4 Å². The molecule has 0 aliphatic heterocycles. The van der Waals surface area contributed by atoms with Gasteiger partial charge in [0, 0.05) is 37.7 Å². The molecule has 2 aromatic heterocycles. The second kappa shape index (κ2) is 8.55. The first-order chi connectivity index (χ1) is 12.3. The molecular formula is C20H24N4O. The Labute approximate surface area is 148 Å². The van der Waals surface area contributed by atoms with Crippen molar-refractivity contribution >= 4 is 0 Å². The first kappa shape index (κ1) is 17.3. The van der Waals surface area contributed by atoms with Crippen LogP contribution < -0.4 is 0 Å². The minimum atomic E-state index is 0.107. The maximum Gasteiger partial charge on any atom is 0.0648 e. The summed E-state index contributed by atoms with van der Waals surface area (Å²) in [6.07, 6.45) is 6.42. The van der Waals surface area contributed by atoms with Gasteiger partial charge in [-0.05, 0) is 42.3 Å². The third-order valence-electron chi connectivity index (χ3n) is 4.35. The zero-order chi connectivity index (χ0) is 17.5. The Kier molecular flexibility index (Phi) is 5.93. The Hall–Kier alpha value is -2.50. The Bertz CT molecular complexity index is 754. The summed E-state index contributed by atoms with van der Waals surface area (Å²) in [5.74, 6) is 0. The minimum Gasteiger partial charge on any atom is -0.395 e. The van der Waals surface area contributed by atoms with Crippen molar-refractivity contribution < 1.29 is 5.11 Å². The number of aromatic nitrogens is 3. The van der Waals surface area contributed by atoms with Crippen molar-refractivity contribution in [3.05, 3.63) is 78.4 Å². The Morgan fingerprint density at radius 1 is 1.08 bits per heavy atom. The normalized spacial score (nSPS) is 12.4. The van der Waals surface area contributed by atoms with Crippen molar-refractivity contribution in [3.8, 4) is 5.69 Å². The quantitative estimate of drug-likeness (QED) is 0.687. The lowest BCUT2D eigenvalue weighted by Gasteiger charge is -2.29. The Morgan fingerprint density at radius 3 is 2.68 bits per heavy atom. The van der Waals surface area contributed by atoms with E-state index in [2.05, 4.69) is 34.0 Å². The van der Waals surface area contributed by atoms with E-state index in [0.29, 0.717) is 6.54 Å². The number of pyridine rings is 1. The van der Waals surface area contributed by atoms with Crippen LogP contribution in [0.25, 0.3) is 5.69 Å². The lowest BCUT2D eigenvalue weighted by atomic mass is 10.1. The van der Waals surface area contributed by atoms with Gasteiger partial charge in [-0.3, -0.25) is 9.88 Å². The zero-order valence-electron chi connectivity index (χ0n) is 14.5. The van der Waals surface area contributed by atoms with Crippen LogP contribution in [0.2, 0.25) is 0 Å². The largest absolute Gasteiger partial charge is 0.395 e. The van der Waals surface area contributed by atoms with Crippen LogP contribution in [-0.2, 0) is 13.1 Å². The van der Waals surface area contributed by atoms with E-state index in [1.54, 1.807) is 6.20 Å². The van der Waals surface area contributed by atoms with E-state index in [9.17, 15) is 5.11 Å². The predicted octanol–water partition coefficient (Wildman–Crippen LogP) is 3.04. The molecule has 2 heterocycles. The topological polar surface area (TPSA) is 54.2 Å². The van der Waals surface area contributed by atoms with Gasteiger partial charge in [0.15, 0.2) is 0 Å². The SMILES string of the molecule is CCC(CO)N(Cc1cccc(-n2cccn2)c1)Cc1ccccn1. The summed E-state index contributed by atoms with van der Waals surface area (Å²) in [5, 5.41) is 14.1. The van der Waals surface area contributed by atoms with Gasteiger partial charge in [-0.25, -0.2) is 4.68 Å². The monoisotopic (exact) mass is 336 g/mol. The number of hydrogen-bond donors (Lipinski definition) is 1. The van der Waals surface area contributed by atoms with Gasteiger partial charge in [-0.1, -0.05) is 25.1 Å². The highest BCUT2D eigenvalue weighted by Crippen LogP contribution is 2.16. The van der Waals surface area contributed by atoms with E-state index < -0.39 is 0 Å². The molecule has 0 saturated heterocycles. The van der Waals surface area contributed by atoms with Gasteiger partial charge in [0.05, 0.1) is 18.0 Å². The number of aliphatic hydroxyl groups excluding tert-OH is 1. The fraction of sp³-hybridized carbons (Fsp3) is 0.300. The molecule has 1 atom stereocenters. The lowest BCUT2D eigenvalue weighted by Crippen LogP contribution is -2.36. The summed E-state index contributed by atoms with van der Waals surface area (Å²) in [6, 6.07) is 16.3. The molecule has 5 nitrogen and oxygen atoms in total. The van der Waals surface area contributed by atoms with E-state index in [1.807, 2.05) is 53.5 Å². The van der Waals surface area contributed by atoms with E-state index in [4.69, 9.17) is 0 Å². The van der Waals surface area contributed by atoms with Crippen molar-refractivity contribution in [2.24, 2.45) is 0 Å². The summed E-state index contributed by atoms with van der Waals surface area (Å²) in [6.45, 7) is 3.71. The van der Waals surface area contributed by atoms with Crippen LogP contribution in [0.5, 0.6) is 0 Å². The fourth-order valence-corrected chi connectivity index (χ4v) is 2.97. The molecule has 0 fully saturated rings. The summed E-state index contributed by atoms with van der Waals surface area (Å²) in [7, 11) is 0. The second-order valence-corrected chi connectivity index (χ2v) is 6.09. The molecule has 1 aromatic carbocycles. The molecule has 0 radical (unpaired) electrons. The molecule has 0 aliphatic rings. The number of aliphatic hydroxyl groups is 1. The molecular weight excluding hydrogens is 312 g/mol. The van der Waals surface area contributed by atoms with E-state index >= 15 is 0 Å². The van der Waals surface area contributed by atoms with Gasteiger partial charge in [-0.2, -0.15) is 5.10 Å². The summed E-state index contributed by atoms with van der Waals surface area (Å²) in [4.78, 5) is 6.71. The molecule has 0 bridgehead atoms. The first-order valence-corrected chi connectivity index (χ1v) is 8.64. The molecule has 0 spiro atoms. The number of rotatable bonds is 8. The molecule has 25 heavy (non-hydrogen) atoms. The van der Waals surface area contributed by atoms with Crippen LogP contribution in [0.4, 0.5) is 0 Å². The molecule has 5 heteroatoms. The van der Waals surface area contributed by atoms with E-state index in [0.717, 1.165) is 24.3 Å². The summed E-state index contributed by atoms with van der Waals surface area (Å²) < 4.78 is 1.86. The molecule has 130 valence electrons. The number of benzene rings is 1. The van der Waals surface area contributed by atoms with Gasteiger partial charge in [0.2, 0.25) is 0 Å². The molecule has 0 saturated carbocycles. The maximum absolute atomic E-state index is 9.78. The lowest BCUT2D eigenvalue weighted by molar-refractivity contribution is 0.105. The maximum atomic E-state index is 9.78. The third kappa shape index (κ3) is 4.53. The standard InChI is InChI=1S/C20H24N4O/c1-2-19(16-25)23(15-18-8-3-4-10-21-18)14-17-7-5-9-20(13-17)24-12-6-11-22-24/h3-13,19,25H,2,14-16H2,1H3. The predicted molar refractivity (Wildman–Crippen MR) is 98.2 cm³/mol. The van der Waals surface area contributed by atoms with Crippen molar-refractivity contribution in [2.75, 3.05) is 6.61 Å². The van der Waals surface area contributed by atoms with Crippen molar-refractivity contribution in [3.63, 3.8) is 0 Å². The van der Waals surface area contributed by atoms with Gasteiger partial charge >= 0.3 is 0 Å². The number of hydrogen-bond acceptors (Lipinski definition) is 4. The summed E-state index contributed by atoms with van der Waals surface area (Å²) >= 11 is 0. The highest BCUT2D eigenvalue weighted by Gasteiger charge is 2.17. The van der Waals surface area contributed by atoms with Crippen LogP contribution in [0.1, 0.15) is 24.6 Å².